The van der Waals surface area contributed by atoms with Crippen LogP contribution in [0.4, 0.5) is 5.13 Å². The molecular formula is C26H20ClN5O5S. The number of hydrogen-bond donors (Lipinski definition) is 2. The van der Waals surface area contributed by atoms with E-state index in [0.29, 0.717) is 33.5 Å². The van der Waals surface area contributed by atoms with Gasteiger partial charge in [0.1, 0.15) is 5.01 Å². The molecule has 0 aliphatic heterocycles. The molecule has 12 heteroatoms. The minimum Gasteiger partial charge on any atom is -0.490 e. The van der Waals surface area contributed by atoms with Gasteiger partial charge in [-0.05, 0) is 55.0 Å². The van der Waals surface area contributed by atoms with Gasteiger partial charge in [-0.2, -0.15) is 5.10 Å². The van der Waals surface area contributed by atoms with Crippen LogP contribution in [0.25, 0.3) is 10.6 Å². The van der Waals surface area contributed by atoms with E-state index in [1.54, 1.807) is 43.3 Å². The zero-order valence-electron chi connectivity index (χ0n) is 19.9. The minimum atomic E-state index is -0.990. The van der Waals surface area contributed by atoms with Crippen molar-refractivity contribution in [2.45, 2.75) is 6.92 Å². The Morgan fingerprint density at radius 1 is 0.974 bits per heavy atom. The third-order valence-corrected chi connectivity index (χ3v) is 5.94. The van der Waals surface area contributed by atoms with Gasteiger partial charge in [-0.3, -0.25) is 14.9 Å². The Bertz CT molecular complexity index is 1480. The first kappa shape index (κ1) is 26.5. The van der Waals surface area contributed by atoms with Crippen LogP contribution in [0.15, 0.2) is 77.9 Å². The Balaban J connectivity index is 1.35. The Kier molecular flexibility index (Phi) is 8.75. The third kappa shape index (κ3) is 6.99. The molecule has 0 aliphatic rings. The van der Waals surface area contributed by atoms with Crippen LogP contribution in [0.5, 0.6) is 11.5 Å². The Morgan fingerprint density at radius 3 is 2.47 bits per heavy atom. The van der Waals surface area contributed by atoms with Crippen molar-refractivity contribution < 1.29 is 23.9 Å². The molecule has 0 aliphatic carbocycles. The first-order chi connectivity index (χ1) is 18.4. The van der Waals surface area contributed by atoms with Crippen molar-refractivity contribution in [2.75, 3.05) is 11.9 Å². The zero-order chi connectivity index (χ0) is 26.9. The van der Waals surface area contributed by atoms with Crippen molar-refractivity contribution in [3.63, 3.8) is 0 Å². The van der Waals surface area contributed by atoms with Crippen molar-refractivity contribution in [3.05, 3.63) is 88.9 Å². The van der Waals surface area contributed by atoms with E-state index < -0.39 is 17.8 Å². The van der Waals surface area contributed by atoms with Gasteiger partial charge >= 0.3 is 17.8 Å². The maximum absolute atomic E-state index is 12.4. The monoisotopic (exact) mass is 549 g/mol. The second-order valence-electron chi connectivity index (χ2n) is 7.47. The molecule has 4 aromatic rings. The average Bonchev–Trinajstić information content (AvgIpc) is 3.39. The summed E-state index contributed by atoms with van der Waals surface area (Å²) in [7, 11) is 0. The van der Waals surface area contributed by atoms with Crippen LogP contribution >= 0.6 is 22.9 Å². The van der Waals surface area contributed by atoms with E-state index in [-0.39, 0.29) is 10.9 Å². The number of esters is 1. The van der Waals surface area contributed by atoms with Crippen LogP contribution in [0.1, 0.15) is 22.8 Å². The van der Waals surface area contributed by atoms with Crippen molar-refractivity contribution in [1.82, 2.24) is 15.6 Å². The van der Waals surface area contributed by atoms with E-state index in [2.05, 4.69) is 26.0 Å². The Hall–Kier alpha value is -4.61. The molecule has 3 aromatic carbocycles. The molecule has 2 N–H and O–H groups in total. The van der Waals surface area contributed by atoms with Gasteiger partial charge < -0.3 is 9.47 Å². The predicted molar refractivity (Wildman–Crippen MR) is 144 cm³/mol. The van der Waals surface area contributed by atoms with E-state index >= 15 is 0 Å². The van der Waals surface area contributed by atoms with Crippen LogP contribution in [0.2, 0.25) is 5.02 Å². The number of nitrogens with one attached hydrogen (secondary N) is 2. The summed E-state index contributed by atoms with van der Waals surface area (Å²) in [5, 5.41) is 15.4. The third-order valence-electron chi connectivity index (χ3n) is 4.80. The lowest BCUT2D eigenvalue weighted by atomic mass is 10.2. The number of aromatic nitrogens is 2. The number of halogens is 1. The average molecular weight is 550 g/mol. The fourth-order valence-electron chi connectivity index (χ4n) is 3.04. The van der Waals surface area contributed by atoms with Gasteiger partial charge in [0.15, 0.2) is 11.5 Å². The maximum Gasteiger partial charge on any atom is 0.343 e. The minimum absolute atomic E-state index is 0.179. The number of rotatable bonds is 8. The second-order valence-corrected chi connectivity index (χ2v) is 8.88. The highest BCUT2D eigenvalue weighted by atomic mass is 35.5. The van der Waals surface area contributed by atoms with Gasteiger partial charge in [0.2, 0.25) is 5.13 Å². The molecule has 1 aromatic heterocycles. The van der Waals surface area contributed by atoms with E-state index in [4.69, 9.17) is 21.1 Å². The molecule has 0 saturated carbocycles. The number of hydrogen-bond acceptors (Lipinski definition) is 9. The zero-order valence-corrected chi connectivity index (χ0v) is 21.5. The van der Waals surface area contributed by atoms with Gasteiger partial charge in [0.25, 0.3) is 0 Å². The summed E-state index contributed by atoms with van der Waals surface area (Å²) in [6.45, 7) is 2.10. The van der Waals surface area contributed by atoms with Crippen LogP contribution in [0, 0.1) is 0 Å². The molecule has 0 spiro atoms. The summed E-state index contributed by atoms with van der Waals surface area (Å²) >= 11 is 6.99. The molecule has 0 unspecified atom stereocenters. The molecule has 38 heavy (non-hydrogen) atoms. The van der Waals surface area contributed by atoms with Gasteiger partial charge in [0.05, 0.1) is 18.4 Å². The van der Waals surface area contributed by atoms with Crippen LogP contribution in [-0.4, -0.2) is 40.8 Å². The highest BCUT2D eigenvalue weighted by molar-refractivity contribution is 7.18. The Labute approximate surface area is 226 Å². The summed E-state index contributed by atoms with van der Waals surface area (Å²) in [4.78, 5) is 36.8. The fraction of sp³-hybridized carbons (Fsp3) is 0.0769. The molecule has 2 amide bonds. The number of amides is 2. The molecule has 1 heterocycles. The first-order valence-corrected chi connectivity index (χ1v) is 12.4. The van der Waals surface area contributed by atoms with E-state index in [9.17, 15) is 14.4 Å². The van der Waals surface area contributed by atoms with Gasteiger partial charge in [0, 0.05) is 10.6 Å². The lowest BCUT2D eigenvalue weighted by molar-refractivity contribution is -0.136. The molecule has 0 bridgehead atoms. The number of hydrazone groups is 1. The van der Waals surface area contributed by atoms with Crippen molar-refractivity contribution in [3.8, 4) is 22.1 Å². The number of benzene rings is 3. The molecule has 0 atom stereocenters. The lowest BCUT2D eigenvalue weighted by Crippen LogP contribution is -2.32. The molecule has 192 valence electrons. The number of carbonyl (C=O) groups is 3. The van der Waals surface area contributed by atoms with E-state index in [0.717, 1.165) is 16.9 Å². The summed E-state index contributed by atoms with van der Waals surface area (Å²) < 4.78 is 11.0. The van der Waals surface area contributed by atoms with Crippen molar-refractivity contribution in [2.24, 2.45) is 5.10 Å². The summed E-state index contributed by atoms with van der Waals surface area (Å²) in [5.74, 6) is -2.00. The second kappa shape index (κ2) is 12.6. The molecule has 0 radical (unpaired) electrons. The van der Waals surface area contributed by atoms with Crippen molar-refractivity contribution >= 4 is 52.1 Å². The number of carbonyl (C=O) groups excluding carboxylic acids is 3. The number of ether oxygens (including phenoxy) is 2. The van der Waals surface area contributed by atoms with Crippen molar-refractivity contribution in [1.29, 1.82) is 0 Å². The van der Waals surface area contributed by atoms with E-state index in [1.807, 2.05) is 30.3 Å². The summed E-state index contributed by atoms with van der Waals surface area (Å²) in [6.07, 6.45) is 1.32. The molecule has 10 nitrogen and oxygen atoms in total. The quantitative estimate of drug-likeness (QED) is 0.108. The fourth-order valence-corrected chi connectivity index (χ4v) is 3.91. The van der Waals surface area contributed by atoms with Crippen LogP contribution in [-0.2, 0) is 9.59 Å². The van der Waals surface area contributed by atoms with Crippen LogP contribution < -0.4 is 20.2 Å². The molecule has 4 rings (SSSR count). The van der Waals surface area contributed by atoms with Crippen LogP contribution in [0.3, 0.4) is 0 Å². The maximum atomic E-state index is 12.4. The number of anilines is 1. The lowest BCUT2D eigenvalue weighted by Gasteiger charge is -2.11. The van der Waals surface area contributed by atoms with Gasteiger partial charge in [-0.1, -0.05) is 53.3 Å². The van der Waals surface area contributed by atoms with E-state index in [1.165, 1.54) is 12.3 Å². The standard InChI is InChI=1S/C26H20ClN5O5S/c1-2-36-21-14-16(8-13-20(21)37-25(35)18-9-11-19(27)12-10-18)15-28-30-23(34)22(33)29-26-32-31-24(38-26)17-6-4-3-5-7-17/h3-15H,2H2,1H3,(H,30,34)(H,29,32,33). The molecular weight excluding hydrogens is 530 g/mol. The molecule has 0 fully saturated rings. The first-order valence-electron chi connectivity index (χ1n) is 11.2. The highest BCUT2D eigenvalue weighted by Gasteiger charge is 2.17. The SMILES string of the molecule is CCOc1cc(C=NNC(=O)C(=O)Nc2nnc(-c3ccccc3)s2)ccc1OC(=O)c1ccc(Cl)cc1. The normalized spacial score (nSPS) is 10.7. The van der Waals surface area contributed by atoms with Gasteiger partial charge in [-0.15, -0.1) is 10.2 Å². The molecule has 0 saturated heterocycles. The summed E-state index contributed by atoms with van der Waals surface area (Å²) in [6, 6.07) is 20.3. The number of nitrogens with zero attached hydrogens (tertiary/aromatic N) is 3. The highest BCUT2D eigenvalue weighted by Crippen LogP contribution is 2.29. The topological polar surface area (TPSA) is 132 Å². The smallest absolute Gasteiger partial charge is 0.343 e. The predicted octanol–water partition coefficient (Wildman–Crippen LogP) is 4.57. The summed E-state index contributed by atoms with van der Waals surface area (Å²) in [5.41, 5.74) is 3.85. The largest absolute Gasteiger partial charge is 0.490 e. The van der Waals surface area contributed by atoms with Gasteiger partial charge in [-0.25, -0.2) is 10.2 Å². The Morgan fingerprint density at radius 2 is 1.74 bits per heavy atom.